The SMILES string of the molecule is [N-]=[N+]=NCC(O)NC1c2ccccc2CCc2ccc(Cl)cc21. The van der Waals surface area contributed by atoms with E-state index in [9.17, 15) is 5.11 Å². The molecule has 1 aliphatic carbocycles. The zero-order valence-electron chi connectivity index (χ0n) is 12.5. The van der Waals surface area contributed by atoms with Crippen LogP contribution in [0.25, 0.3) is 10.4 Å². The van der Waals surface area contributed by atoms with Gasteiger partial charge in [0.05, 0.1) is 12.6 Å². The fraction of sp³-hybridized carbons (Fsp3) is 0.294. The molecule has 0 spiro atoms. The van der Waals surface area contributed by atoms with E-state index in [-0.39, 0.29) is 12.6 Å². The largest absolute Gasteiger partial charge is 0.378 e. The molecule has 0 saturated heterocycles. The van der Waals surface area contributed by atoms with Crippen LogP contribution in [-0.2, 0) is 12.8 Å². The number of halogens is 1. The summed E-state index contributed by atoms with van der Waals surface area (Å²) in [6, 6.07) is 13.9. The molecule has 0 heterocycles. The van der Waals surface area contributed by atoms with Gasteiger partial charge in [-0.3, -0.25) is 5.32 Å². The molecule has 0 fully saturated rings. The van der Waals surface area contributed by atoms with Gasteiger partial charge in [-0.15, -0.1) is 0 Å². The van der Waals surface area contributed by atoms with E-state index in [1.54, 1.807) is 0 Å². The van der Waals surface area contributed by atoms with E-state index in [0.29, 0.717) is 5.02 Å². The number of hydrogen-bond donors (Lipinski definition) is 2. The fourth-order valence-corrected chi connectivity index (χ4v) is 3.26. The van der Waals surface area contributed by atoms with Gasteiger partial charge in [0, 0.05) is 9.93 Å². The van der Waals surface area contributed by atoms with Gasteiger partial charge in [-0.05, 0) is 52.8 Å². The third-order valence-electron chi connectivity index (χ3n) is 4.13. The Morgan fingerprint density at radius 1 is 1.22 bits per heavy atom. The highest BCUT2D eigenvalue weighted by Gasteiger charge is 2.25. The lowest BCUT2D eigenvalue weighted by atomic mass is 9.94. The maximum absolute atomic E-state index is 10.1. The molecule has 0 saturated carbocycles. The first-order chi connectivity index (χ1) is 11.2. The molecule has 2 unspecified atom stereocenters. The summed E-state index contributed by atoms with van der Waals surface area (Å²) in [6.07, 6.45) is 0.942. The molecule has 0 aliphatic heterocycles. The lowest BCUT2D eigenvalue weighted by molar-refractivity contribution is 0.136. The zero-order chi connectivity index (χ0) is 16.2. The van der Waals surface area contributed by atoms with Crippen molar-refractivity contribution in [2.75, 3.05) is 6.54 Å². The summed E-state index contributed by atoms with van der Waals surface area (Å²) in [5.74, 6) is 0. The van der Waals surface area contributed by atoms with Crippen LogP contribution >= 0.6 is 11.6 Å². The van der Waals surface area contributed by atoms with Crippen molar-refractivity contribution in [3.8, 4) is 0 Å². The van der Waals surface area contributed by atoms with Gasteiger partial charge in [0.15, 0.2) is 0 Å². The molecule has 0 radical (unpaired) electrons. The van der Waals surface area contributed by atoms with Gasteiger partial charge in [-0.25, -0.2) is 0 Å². The minimum Gasteiger partial charge on any atom is -0.378 e. The van der Waals surface area contributed by atoms with E-state index in [4.69, 9.17) is 17.1 Å². The molecule has 0 bridgehead atoms. The number of aliphatic hydroxyl groups is 1. The number of nitrogens with one attached hydrogen (secondary N) is 1. The van der Waals surface area contributed by atoms with Crippen molar-refractivity contribution < 1.29 is 5.11 Å². The first kappa shape index (κ1) is 15.8. The number of hydrogen-bond acceptors (Lipinski definition) is 3. The molecular formula is C17H17ClN4O. The van der Waals surface area contributed by atoms with Crippen molar-refractivity contribution in [2.24, 2.45) is 5.11 Å². The molecule has 3 rings (SSSR count). The molecule has 2 aromatic carbocycles. The highest BCUT2D eigenvalue weighted by Crippen LogP contribution is 2.34. The zero-order valence-corrected chi connectivity index (χ0v) is 13.2. The Bertz CT molecular complexity index is 758. The average Bonchev–Trinajstić information content (AvgIpc) is 2.71. The maximum Gasteiger partial charge on any atom is 0.111 e. The lowest BCUT2D eigenvalue weighted by Crippen LogP contribution is -2.35. The average molecular weight is 329 g/mol. The molecule has 0 aromatic heterocycles. The quantitative estimate of drug-likeness (QED) is 0.388. The smallest absolute Gasteiger partial charge is 0.111 e. The molecular weight excluding hydrogens is 312 g/mol. The molecule has 2 aromatic rings. The molecule has 0 amide bonds. The molecule has 2 atom stereocenters. The minimum absolute atomic E-state index is 0.0228. The van der Waals surface area contributed by atoms with Crippen molar-refractivity contribution in [3.63, 3.8) is 0 Å². The van der Waals surface area contributed by atoms with Crippen LogP contribution in [0, 0.1) is 0 Å². The second-order valence-corrected chi connectivity index (χ2v) is 6.01. The summed E-state index contributed by atoms with van der Waals surface area (Å²) >= 11 is 6.19. The Hall–Kier alpha value is -2.04. The Morgan fingerprint density at radius 2 is 1.96 bits per heavy atom. The summed E-state index contributed by atoms with van der Waals surface area (Å²) in [5.41, 5.74) is 13.0. The number of fused-ring (bicyclic) bond motifs is 2. The first-order valence-electron chi connectivity index (χ1n) is 7.50. The minimum atomic E-state index is -0.922. The maximum atomic E-state index is 10.1. The Balaban J connectivity index is 2.04. The highest BCUT2D eigenvalue weighted by molar-refractivity contribution is 6.30. The van der Waals surface area contributed by atoms with Gasteiger partial charge in [0.2, 0.25) is 0 Å². The van der Waals surface area contributed by atoms with Crippen molar-refractivity contribution in [2.45, 2.75) is 25.1 Å². The number of nitrogens with zero attached hydrogens (tertiary/aromatic N) is 3. The Labute approximate surface area is 139 Å². The highest BCUT2D eigenvalue weighted by atomic mass is 35.5. The molecule has 6 heteroatoms. The van der Waals surface area contributed by atoms with E-state index in [1.807, 2.05) is 30.3 Å². The van der Waals surface area contributed by atoms with Gasteiger partial charge >= 0.3 is 0 Å². The predicted octanol–water partition coefficient (Wildman–Crippen LogP) is 3.75. The van der Waals surface area contributed by atoms with Crippen LogP contribution in [0.4, 0.5) is 0 Å². The molecule has 2 N–H and O–H groups in total. The van der Waals surface area contributed by atoms with E-state index in [2.05, 4.69) is 27.5 Å². The van der Waals surface area contributed by atoms with Crippen LogP contribution in [0.3, 0.4) is 0 Å². The lowest BCUT2D eigenvalue weighted by Gasteiger charge is -2.24. The summed E-state index contributed by atoms with van der Waals surface area (Å²) in [5, 5.41) is 17.4. The predicted molar refractivity (Wildman–Crippen MR) is 90.3 cm³/mol. The third-order valence-corrected chi connectivity index (χ3v) is 4.36. The van der Waals surface area contributed by atoms with Gasteiger partial charge in [-0.1, -0.05) is 47.0 Å². The van der Waals surface area contributed by atoms with Crippen LogP contribution in [0.5, 0.6) is 0 Å². The fourth-order valence-electron chi connectivity index (χ4n) is 3.08. The summed E-state index contributed by atoms with van der Waals surface area (Å²) in [7, 11) is 0. The second kappa shape index (κ2) is 7.02. The van der Waals surface area contributed by atoms with Gasteiger partial charge in [0.1, 0.15) is 6.23 Å². The third kappa shape index (κ3) is 3.49. The van der Waals surface area contributed by atoms with Gasteiger partial charge in [0.25, 0.3) is 0 Å². The van der Waals surface area contributed by atoms with E-state index < -0.39 is 6.23 Å². The summed E-state index contributed by atoms with van der Waals surface area (Å²) < 4.78 is 0. The van der Waals surface area contributed by atoms with Crippen LogP contribution in [0.2, 0.25) is 5.02 Å². The first-order valence-corrected chi connectivity index (χ1v) is 7.88. The number of aliphatic hydroxyl groups excluding tert-OH is 1. The Kier molecular flexibility index (Phi) is 4.84. The second-order valence-electron chi connectivity index (χ2n) is 5.57. The standard InChI is InChI=1S/C17H17ClN4O/c18-13-8-7-12-6-5-11-3-1-2-4-14(11)17(15(12)9-13)21-16(23)10-20-22-19/h1-4,7-9,16-17,21,23H,5-6,10H2. The van der Waals surface area contributed by atoms with Crippen LogP contribution < -0.4 is 5.32 Å². The number of aryl methyl sites for hydroxylation is 2. The number of rotatable bonds is 4. The van der Waals surface area contributed by atoms with Crippen molar-refractivity contribution in [1.29, 1.82) is 0 Å². The molecule has 118 valence electrons. The Morgan fingerprint density at radius 3 is 2.74 bits per heavy atom. The molecule has 5 nitrogen and oxygen atoms in total. The van der Waals surface area contributed by atoms with E-state index in [1.165, 1.54) is 11.1 Å². The van der Waals surface area contributed by atoms with Crippen molar-refractivity contribution in [3.05, 3.63) is 80.2 Å². The number of benzene rings is 2. The summed E-state index contributed by atoms with van der Waals surface area (Å²) in [4.78, 5) is 2.69. The topological polar surface area (TPSA) is 81.0 Å². The van der Waals surface area contributed by atoms with E-state index >= 15 is 0 Å². The van der Waals surface area contributed by atoms with Gasteiger partial charge < -0.3 is 5.11 Å². The normalized spacial score (nSPS) is 17.4. The van der Waals surface area contributed by atoms with Crippen molar-refractivity contribution >= 4 is 11.6 Å². The molecule has 1 aliphatic rings. The van der Waals surface area contributed by atoms with Crippen LogP contribution in [-0.4, -0.2) is 17.9 Å². The van der Waals surface area contributed by atoms with Crippen LogP contribution in [0.15, 0.2) is 47.6 Å². The molecule has 23 heavy (non-hydrogen) atoms. The van der Waals surface area contributed by atoms with Crippen LogP contribution in [0.1, 0.15) is 28.3 Å². The van der Waals surface area contributed by atoms with E-state index in [0.717, 1.165) is 24.0 Å². The summed E-state index contributed by atoms with van der Waals surface area (Å²) in [6.45, 7) is -0.0228. The van der Waals surface area contributed by atoms with Crippen molar-refractivity contribution in [1.82, 2.24) is 5.32 Å². The van der Waals surface area contributed by atoms with Gasteiger partial charge in [-0.2, -0.15) is 0 Å². The number of azide groups is 1. The monoisotopic (exact) mass is 328 g/mol.